The van der Waals surface area contributed by atoms with Gasteiger partial charge in [-0.05, 0) is 47.1 Å². The fraction of sp³-hybridized carbons (Fsp3) is 0.706. The zero-order chi connectivity index (χ0) is 19.2. The van der Waals surface area contributed by atoms with Crippen molar-refractivity contribution in [3.05, 3.63) is 12.2 Å². The summed E-state index contributed by atoms with van der Waals surface area (Å²) in [6.45, 7) is 14.5. The number of nitrogens with zero attached hydrogens (tertiary/aromatic N) is 1. The Kier molecular flexibility index (Phi) is 5.14. The van der Waals surface area contributed by atoms with E-state index in [4.69, 9.17) is 9.47 Å². The van der Waals surface area contributed by atoms with Crippen LogP contribution in [0.25, 0.3) is 0 Å². The number of β-lactam (4-membered cyclic amide) rings is 1. The summed E-state index contributed by atoms with van der Waals surface area (Å²) < 4.78 is 10.6. The highest BCUT2D eigenvalue weighted by Gasteiger charge is 2.57. The van der Waals surface area contributed by atoms with E-state index in [1.165, 1.54) is 16.7 Å². The van der Waals surface area contributed by atoms with Gasteiger partial charge in [-0.15, -0.1) is 11.8 Å². The molecule has 2 aliphatic rings. The first kappa shape index (κ1) is 19.6. The molecule has 0 aliphatic carbocycles. The third-order valence-corrected chi connectivity index (χ3v) is 4.86. The first-order valence-corrected chi connectivity index (χ1v) is 9.19. The van der Waals surface area contributed by atoms with Crippen LogP contribution in [0.3, 0.4) is 0 Å². The average Bonchev–Trinajstić information content (AvgIpc) is 2.40. The number of ether oxygens (including phenoxy) is 2. The number of carbonyl (C=O) groups is 3. The Hall–Kier alpha value is -1.70. The zero-order valence-corrected chi connectivity index (χ0v) is 16.4. The van der Waals surface area contributed by atoms with E-state index in [1.54, 1.807) is 41.5 Å². The Bertz CT molecular complexity index is 605. The molecule has 1 unspecified atom stereocenters. The molecule has 0 spiro atoms. The van der Waals surface area contributed by atoms with E-state index in [0.29, 0.717) is 11.3 Å². The monoisotopic (exact) mass is 370 g/mol. The molecule has 3 atom stereocenters. The van der Waals surface area contributed by atoms with Gasteiger partial charge < -0.3 is 19.7 Å². The molecule has 0 radical (unpaired) electrons. The van der Waals surface area contributed by atoms with Crippen LogP contribution in [0, 0.1) is 0 Å². The molecule has 0 aromatic heterocycles. The van der Waals surface area contributed by atoms with Crippen LogP contribution in [0.2, 0.25) is 0 Å². The molecule has 7 nitrogen and oxygen atoms in total. The number of thioether (sulfide) groups is 1. The van der Waals surface area contributed by atoms with Gasteiger partial charge in [0.1, 0.15) is 22.6 Å². The average molecular weight is 370 g/mol. The number of esters is 1. The molecular weight excluding hydrogens is 344 g/mol. The van der Waals surface area contributed by atoms with E-state index < -0.39 is 35.3 Å². The summed E-state index contributed by atoms with van der Waals surface area (Å²) in [6.07, 6.45) is -0.649. The van der Waals surface area contributed by atoms with Crippen molar-refractivity contribution in [2.75, 3.05) is 5.75 Å². The molecule has 2 aliphatic heterocycles. The molecule has 0 aromatic rings. The Balaban J connectivity index is 2.07. The molecular formula is C17H26N2O5S. The summed E-state index contributed by atoms with van der Waals surface area (Å²) in [4.78, 5) is 38.4. The summed E-state index contributed by atoms with van der Waals surface area (Å²) in [6, 6.07) is -1.52. The van der Waals surface area contributed by atoms with E-state index in [0.717, 1.165) is 0 Å². The topological polar surface area (TPSA) is 84.9 Å². The predicted molar refractivity (Wildman–Crippen MR) is 95.0 cm³/mol. The number of hydrogen-bond donors (Lipinski definition) is 1. The van der Waals surface area contributed by atoms with Crippen LogP contribution in [0.15, 0.2) is 12.2 Å². The summed E-state index contributed by atoms with van der Waals surface area (Å²) in [5, 5.41) is 2.26. The number of rotatable bonds is 2. The van der Waals surface area contributed by atoms with Gasteiger partial charge in [0, 0.05) is 5.75 Å². The van der Waals surface area contributed by atoms with Crippen LogP contribution < -0.4 is 5.32 Å². The lowest BCUT2D eigenvalue weighted by atomic mass is 9.98. The Labute approximate surface area is 152 Å². The molecule has 2 heterocycles. The van der Waals surface area contributed by atoms with Crippen molar-refractivity contribution in [2.45, 2.75) is 70.2 Å². The third kappa shape index (κ3) is 4.48. The molecule has 2 fully saturated rings. The molecule has 1 N–H and O–H groups in total. The van der Waals surface area contributed by atoms with Crippen molar-refractivity contribution in [2.24, 2.45) is 0 Å². The number of amides is 2. The van der Waals surface area contributed by atoms with Crippen LogP contribution in [0.4, 0.5) is 4.79 Å². The summed E-state index contributed by atoms with van der Waals surface area (Å²) >= 11 is 1.46. The highest BCUT2D eigenvalue weighted by Crippen LogP contribution is 2.40. The Morgan fingerprint density at radius 2 is 1.72 bits per heavy atom. The molecule has 0 bridgehead atoms. The number of nitrogens with one attached hydrogen (secondary N) is 1. The number of alkyl carbamates (subject to hydrolysis) is 1. The second kappa shape index (κ2) is 6.55. The Morgan fingerprint density at radius 3 is 2.24 bits per heavy atom. The van der Waals surface area contributed by atoms with Gasteiger partial charge in [-0.1, -0.05) is 6.58 Å². The molecule has 2 amide bonds. The number of fused-ring (bicyclic) bond motifs is 1. The van der Waals surface area contributed by atoms with Crippen LogP contribution in [-0.4, -0.2) is 57.3 Å². The van der Waals surface area contributed by atoms with Gasteiger partial charge >= 0.3 is 12.1 Å². The summed E-state index contributed by atoms with van der Waals surface area (Å²) in [5.41, 5.74) is -0.678. The van der Waals surface area contributed by atoms with E-state index in [-0.39, 0.29) is 11.3 Å². The SMILES string of the molecule is C=C1CS[C@@H]2[C@H](NC(=O)OC(C)(C)C)C(=O)N2C1C(=O)OC(C)(C)C. The highest BCUT2D eigenvalue weighted by atomic mass is 32.2. The van der Waals surface area contributed by atoms with Crippen LogP contribution in [0.5, 0.6) is 0 Å². The van der Waals surface area contributed by atoms with Crippen molar-refractivity contribution in [3.8, 4) is 0 Å². The second-order valence-electron chi connectivity index (χ2n) is 8.17. The van der Waals surface area contributed by atoms with Gasteiger partial charge in [0.2, 0.25) is 5.91 Å². The van der Waals surface area contributed by atoms with Gasteiger partial charge in [-0.25, -0.2) is 9.59 Å². The molecule has 2 rings (SSSR count). The third-order valence-electron chi connectivity index (χ3n) is 3.49. The fourth-order valence-electron chi connectivity index (χ4n) is 2.61. The highest BCUT2D eigenvalue weighted by molar-refractivity contribution is 8.00. The maximum absolute atomic E-state index is 12.5. The van der Waals surface area contributed by atoms with Gasteiger partial charge in [0.25, 0.3) is 0 Å². The summed E-state index contributed by atoms with van der Waals surface area (Å²) in [7, 11) is 0. The molecule has 0 aromatic carbocycles. The summed E-state index contributed by atoms with van der Waals surface area (Å²) in [5.74, 6) is -0.308. The normalized spacial score (nSPS) is 26.5. The lowest BCUT2D eigenvalue weighted by Crippen LogP contribution is -2.75. The first-order valence-electron chi connectivity index (χ1n) is 8.14. The quantitative estimate of drug-likeness (QED) is 0.455. The molecule has 2 saturated heterocycles. The van der Waals surface area contributed by atoms with Gasteiger partial charge in [0.15, 0.2) is 6.04 Å². The number of carbonyl (C=O) groups excluding carboxylic acids is 3. The van der Waals surface area contributed by atoms with Crippen molar-refractivity contribution in [1.82, 2.24) is 10.2 Å². The van der Waals surface area contributed by atoms with Crippen molar-refractivity contribution in [3.63, 3.8) is 0 Å². The van der Waals surface area contributed by atoms with Crippen molar-refractivity contribution >= 4 is 29.7 Å². The zero-order valence-electron chi connectivity index (χ0n) is 15.5. The van der Waals surface area contributed by atoms with E-state index in [2.05, 4.69) is 11.9 Å². The van der Waals surface area contributed by atoms with Crippen molar-refractivity contribution in [1.29, 1.82) is 0 Å². The molecule has 25 heavy (non-hydrogen) atoms. The molecule has 0 saturated carbocycles. The van der Waals surface area contributed by atoms with Crippen LogP contribution in [-0.2, 0) is 19.1 Å². The Morgan fingerprint density at radius 1 is 1.16 bits per heavy atom. The van der Waals surface area contributed by atoms with Crippen LogP contribution in [0.1, 0.15) is 41.5 Å². The predicted octanol–water partition coefficient (Wildman–Crippen LogP) is 2.06. The second-order valence-corrected chi connectivity index (χ2v) is 9.27. The maximum atomic E-state index is 12.5. The van der Waals surface area contributed by atoms with Crippen molar-refractivity contribution < 1.29 is 23.9 Å². The van der Waals surface area contributed by atoms with Gasteiger partial charge in [-0.2, -0.15) is 0 Å². The standard InChI is InChI=1S/C17H26N2O5S/c1-9-8-25-13-10(18-15(22)24-17(5,6)7)12(20)19(13)11(9)14(21)23-16(2,3)4/h10-11,13H,1,8H2,2-7H3,(H,18,22)/t10-,11?,13-/m1/s1. The minimum Gasteiger partial charge on any atom is -0.458 e. The first-order chi connectivity index (χ1) is 11.3. The minimum absolute atomic E-state index is 0.331. The van der Waals surface area contributed by atoms with Gasteiger partial charge in [-0.3, -0.25) is 4.79 Å². The fourth-order valence-corrected chi connectivity index (χ4v) is 3.92. The van der Waals surface area contributed by atoms with E-state index in [1.807, 2.05) is 0 Å². The maximum Gasteiger partial charge on any atom is 0.408 e. The number of hydrogen-bond acceptors (Lipinski definition) is 6. The lowest BCUT2D eigenvalue weighted by Gasteiger charge is -2.52. The largest absolute Gasteiger partial charge is 0.458 e. The van der Waals surface area contributed by atoms with E-state index in [9.17, 15) is 14.4 Å². The van der Waals surface area contributed by atoms with Gasteiger partial charge in [0.05, 0.1) is 0 Å². The van der Waals surface area contributed by atoms with E-state index >= 15 is 0 Å². The van der Waals surface area contributed by atoms with Crippen LogP contribution >= 0.6 is 11.8 Å². The minimum atomic E-state index is -0.810. The lowest BCUT2D eigenvalue weighted by molar-refractivity contribution is -0.169. The molecule has 140 valence electrons. The molecule has 8 heteroatoms. The smallest absolute Gasteiger partial charge is 0.408 e.